The maximum atomic E-state index is 12.3. The number of carbonyl (C=O) groups is 1. The standard InChI is InChI=1S/C18H21N3O2/c1-13-11-15(21-18(22)14-6-9-19-10-7-14)4-5-17(13)23-16-3-2-8-20-12-16/h2-5,8,11-12,14,19H,6-7,9-10H2,1H3,(H,21,22). The highest BCUT2D eigenvalue weighted by Crippen LogP contribution is 2.27. The zero-order chi connectivity index (χ0) is 16.1. The van der Waals surface area contributed by atoms with E-state index in [1.807, 2.05) is 37.3 Å². The summed E-state index contributed by atoms with van der Waals surface area (Å²) in [7, 11) is 0. The van der Waals surface area contributed by atoms with E-state index in [9.17, 15) is 4.79 Å². The second-order valence-corrected chi connectivity index (χ2v) is 5.78. The molecule has 5 nitrogen and oxygen atoms in total. The number of ether oxygens (including phenoxy) is 1. The average Bonchev–Trinajstić information content (AvgIpc) is 2.59. The molecule has 1 aromatic heterocycles. The average molecular weight is 311 g/mol. The quantitative estimate of drug-likeness (QED) is 0.910. The summed E-state index contributed by atoms with van der Waals surface area (Å²) in [5.41, 5.74) is 1.78. The van der Waals surface area contributed by atoms with Gasteiger partial charge < -0.3 is 15.4 Å². The summed E-state index contributed by atoms with van der Waals surface area (Å²) in [6.45, 7) is 3.79. The molecule has 3 rings (SSSR count). The highest BCUT2D eigenvalue weighted by molar-refractivity contribution is 5.92. The molecule has 0 aliphatic carbocycles. The van der Waals surface area contributed by atoms with Crippen molar-refractivity contribution >= 4 is 11.6 Å². The lowest BCUT2D eigenvalue weighted by Gasteiger charge is -2.22. The van der Waals surface area contributed by atoms with Gasteiger partial charge in [-0.05, 0) is 68.8 Å². The number of nitrogens with zero attached hydrogens (tertiary/aromatic N) is 1. The van der Waals surface area contributed by atoms with Crippen LogP contribution in [0.1, 0.15) is 18.4 Å². The highest BCUT2D eigenvalue weighted by Gasteiger charge is 2.20. The summed E-state index contributed by atoms with van der Waals surface area (Å²) >= 11 is 0. The molecule has 1 saturated heterocycles. The predicted octanol–water partition coefficient (Wildman–Crippen LogP) is 3.12. The largest absolute Gasteiger partial charge is 0.455 e. The molecule has 0 atom stereocenters. The summed E-state index contributed by atoms with van der Waals surface area (Å²) in [5, 5.41) is 6.28. The summed E-state index contributed by atoms with van der Waals surface area (Å²) < 4.78 is 5.80. The molecule has 2 aromatic rings. The second-order valence-electron chi connectivity index (χ2n) is 5.78. The minimum Gasteiger partial charge on any atom is -0.455 e. The number of benzene rings is 1. The zero-order valence-electron chi connectivity index (χ0n) is 13.2. The van der Waals surface area contributed by atoms with Crippen LogP contribution >= 0.6 is 0 Å². The molecule has 1 aliphatic heterocycles. The number of pyridine rings is 1. The maximum Gasteiger partial charge on any atom is 0.227 e. The summed E-state index contributed by atoms with van der Waals surface area (Å²) in [4.78, 5) is 16.3. The summed E-state index contributed by atoms with van der Waals surface area (Å²) in [6.07, 6.45) is 5.17. The number of nitrogens with one attached hydrogen (secondary N) is 2. The number of rotatable bonds is 4. The first-order chi connectivity index (χ1) is 11.2. The molecule has 1 aliphatic rings. The van der Waals surface area contributed by atoms with Crippen molar-refractivity contribution in [2.75, 3.05) is 18.4 Å². The van der Waals surface area contributed by atoms with Crippen molar-refractivity contribution in [3.05, 3.63) is 48.3 Å². The minimum atomic E-state index is 0.0999. The Morgan fingerprint density at radius 2 is 2.13 bits per heavy atom. The number of hydrogen-bond donors (Lipinski definition) is 2. The summed E-state index contributed by atoms with van der Waals surface area (Å²) in [6, 6.07) is 9.38. The molecule has 5 heteroatoms. The smallest absolute Gasteiger partial charge is 0.227 e. The van der Waals surface area contributed by atoms with Gasteiger partial charge in [0.05, 0.1) is 6.20 Å². The highest BCUT2D eigenvalue weighted by atomic mass is 16.5. The van der Waals surface area contributed by atoms with Crippen molar-refractivity contribution in [3.63, 3.8) is 0 Å². The first kappa shape index (κ1) is 15.5. The van der Waals surface area contributed by atoms with E-state index < -0.39 is 0 Å². The van der Waals surface area contributed by atoms with Crippen LogP contribution in [0.15, 0.2) is 42.7 Å². The minimum absolute atomic E-state index is 0.0999. The maximum absolute atomic E-state index is 12.3. The number of piperidine rings is 1. The van der Waals surface area contributed by atoms with E-state index in [1.165, 1.54) is 0 Å². The molecule has 1 fully saturated rings. The lowest BCUT2D eigenvalue weighted by Crippen LogP contribution is -2.34. The van der Waals surface area contributed by atoms with Crippen LogP contribution in [0.3, 0.4) is 0 Å². The van der Waals surface area contributed by atoms with Crippen LogP contribution < -0.4 is 15.4 Å². The van der Waals surface area contributed by atoms with Gasteiger partial charge in [-0.3, -0.25) is 9.78 Å². The Hall–Kier alpha value is -2.40. The van der Waals surface area contributed by atoms with Crippen molar-refractivity contribution in [2.45, 2.75) is 19.8 Å². The lowest BCUT2D eigenvalue weighted by molar-refractivity contribution is -0.120. The molecule has 23 heavy (non-hydrogen) atoms. The fraction of sp³-hybridized carbons (Fsp3) is 0.333. The van der Waals surface area contributed by atoms with Gasteiger partial charge >= 0.3 is 0 Å². The van der Waals surface area contributed by atoms with Gasteiger partial charge in [0, 0.05) is 17.8 Å². The van der Waals surface area contributed by atoms with E-state index in [2.05, 4.69) is 15.6 Å². The van der Waals surface area contributed by atoms with Gasteiger partial charge in [-0.1, -0.05) is 0 Å². The van der Waals surface area contributed by atoms with Crippen molar-refractivity contribution in [1.29, 1.82) is 0 Å². The van der Waals surface area contributed by atoms with Gasteiger partial charge in [-0.25, -0.2) is 0 Å². The number of hydrogen-bond acceptors (Lipinski definition) is 4. The van der Waals surface area contributed by atoms with Crippen LogP contribution in [-0.2, 0) is 4.79 Å². The molecule has 2 N–H and O–H groups in total. The molecular formula is C18H21N3O2. The fourth-order valence-corrected chi connectivity index (χ4v) is 2.70. The molecule has 0 radical (unpaired) electrons. The predicted molar refractivity (Wildman–Crippen MR) is 89.7 cm³/mol. The number of aryl methyl sites for hydroxylation is 1. The van der Waals surface area contributed by atoms with E-state index in [0.717, 1.165) is 42.9 Å². The lowest BCUT2D eigenvalue weighted by atomic mass is 9.97. The third-order valence-electron chi connectivity index (χ3n) is 4.01. The SMILES string of the molecule is Cc1cc(NC(=O)C2CCNCC2)ccc1Oc1cccnc1. The van der Waals surface area contributed by atoms with E-state index in [4.69, 9.17) is 4.74 Å². The van der Waals surface area contributed by atoms with Crippen LogP contribution in [0, 0.1) is 12.8 Å². The number of carbonyl (C=O) groups excluding carboxylic acids is 1. The van der Waals surface area contributed by atoms with Gasteiger partial charge in [0.1, 0.15) is 11.5 Å². The molecule has 1 amide bonds. The van der Waals surface area contributed by atoms with Gasteiger partial charge in [0.15, 0.2) is 0 Å². The topological polar surface area (TPSA) is 63.2 Å². The third-order valence-corrected chi connectivity index (χ3v) is 4.01. The number of anilines is 1. The van der Waals surface area contributed by atoms with Gasteiger partial charge in [0.25, 0.3) is 0 Å². The van der Waals surface area contributed by atoms with Gasteiger partial charge in [-0.2, -0.15) is 0 Å². The van der Waals surface area contributed by atoms with Crippen molar-refractivity contribution in [3.8, 4) is 11.5 Å². The van der Waals surface area contributed by atoms with Crippen LogP contribution in [0.25, 0.3) is 0 Å². The van der Waals surface area contributed by atoms with Crippen LogP contribution in [0.5, 0.6) is 11.5 Å². The Balaban J connectivity index is 1.65. The van der Waals surface area contributed by atoms with Crippen LogP contribution in [-0.4, -0.2) is 24.0 Å². The van der Waals surface area contributed by atoms with E-state index >= 15 is 0 Å². The molecule has 0 bridgehead atoms. The molecular weight excluding hydrogens is 290 g/mol. The zero-order valence-corrected chi connectivity index (χ0v) is 13.2. The molecule has 0 spiro atoms. The van der Waals surface area contributed by atoms with Gasteiger partial charge in [-0.15, -0.1) is 0 Å². The molecule has 0 unspecified atom stereocenters. The Kier molecular flexibility index (Phi) is 4.88. The molecule has 0 saturated carbocycles. The Morgan fingerprint density at radius 1 is 1.30 bits per heavy atom. The number of aromatic nitrogens is 1. The second kappa shape index (κ2) is 7.24. The third kappa shape index (κ3) is 4.07. The molecule has 1 aromatic carbocycles. The van der Waals surface area contributed by atoms with Crippen molar-refractivity contribution in [1.82, 2.24) is 10.3 Å². The van der Waals surface area contributed by atoms with E-state index in [-0.39, 0.29) is 11.8 Å². The van der Waals surface area contributed by atoms with Crippen molar-refractivity contribution in [2.24, 2.45) is 5.92 Å². The first-order valence-electron chi connectivity index (χ1n) is 7.92. The molecule has 2 heterocycles. The molecule has 120 valence electrons. The number of amides is 1. The normalized spacial score (nSPS) is 15.2. The monoisotopic (exact) mass is 311 g/mol. The Morgan fingerprint density at radius 3 is 2.83 bits per heavy atom. The van der Waals surface area contributed by atoms with Gasteiger partial charge in [0.2, 0.25) is 5.91 Å². The van der Waals surface area contributed by atoms with Crippen LogP contribution in [0.2, 0.25) is 0 Å². The Bertz CT molecular complexity index is 667. The summed E-state index contributed by atoms with van der Waals surface area (Å²) in [5.74, 6) is 1.66. The van der Waals surface area contributed by atoms with Crippen LogP contribution in [0.4, 0.5) is 5.69 Å². The first-order valence-corrected chi connectivity index (χ1v) is 7.92. The Labute approximate surface area is 136 Å². The van der Waals surface area contributed by atoms with Crippen molar-refractivity contribution < 1.29 is 9.53 Å². The fourth-order valence-electron chi connectivity index (χ4n) is 2.70. The van der Waals surface area contributed by atoms with E-state index in [0.29, 0.717) is 5.75 Å². The van der Waals surface area contributed by atoms with E-state index in [1.54, 1.807) is 12.4 Å².